The van der Waals surface area contributed by atoms with Crippen molar-refractivity contribution in [3.63, 3.8) is 0 Å². The maximum atomic E-state index is 10.6. The number of rotatable bonds is 3. The first-order chi connectivity index (χ1) is 5.37. The molecule has 0 atom stereocenters. The van der Waals surface area contributed by atoms with Crippen LogP contribution in [0.3, 0.4) is 0 Å². The second kappa shape index (κ2) is 3.66. The fraction of sp³-hybridized carbons (Fsp3) is 0.286. The fourth-order valence-corrected chi connectivity index (χ4v) is 0.588. The minimum Gasteiger partial charge on any atom is -0.477 e. The molecule has 0 amide bonds. The molecule has 0 radical (unpaired) electrons. The molecule has 0 aromatic carbocycles. The molecule has 12 heavy (non-hydrogen) atoms. The Morgan fingerprint density at radius 3 is 1.33 bits per heavy atom. The van der Waals surface area contributed by atoms with E-state index in [2.05, 4.69) is 0 Å². The molecule has 5 nitrogen and oxygen atoms in total. The highest BCUT2D eigenvalue weighted by atomic mass is 16.4. The van der Waals surface area contributed by atoms with Crippen molar-refractivity contribution in [2.45, 2.75) is 13.8 Å². The maximum absolute atomic E-state index is 10.6. The third kappa shape index (κ3) is 2.19. The van der Waals surface area contributed by atoms with Crippen LogP contribution in [0, 0.1) is 0 Å². The van der Waals surface area contributed by atoms with Crippen molar-refractivity contribution in [3.8, 4) is 0 Å². The molecular weight excluding hydrogens is 164 g/mol. The minimum atomic E-state index is -1.60. The zero-order valence-corrected chi connectivity index (χ0v) is 6.62. The van der Waals surface area contributed by atoms with E-state index in [4.69, 9.17) is 10.2 Å². The van der Waals surface area contributed by atoms with Crippen molar-refractivity contribution < 1.29 is 24.6 Å². The van der Waals surface area contributed by atoms with Crippen molar-refractivity contribution in [2.75, 3.05) is 0 Å². The topological polar surface area (TPSA) is 91.7 Å². The van der Waals surface area contributed by atoms with E-state index in [0.29, 0.717) is 0 Å². The second-order valence-electron chi connectivity index (χ2n) is 2.17. The highest BCUT2D eigenvalue weighted by molar-refractivity contribution is 6.18. The number of carbonyl (C=O) groups excluding carboxylic acids is 1. The minimum absolute atomic E-state index is 0.255. The Morgan fingerprint density at radius 1 is 0.917 bits per heavy atom. The van der Waals surface area contributed by atoms with Crippen LogP contribution in [0.15, 0.2) is 11.1 Å². The number of carbonyl (C=O) groups is 3. The molecule has 0 heterocycles. The van der Waals surface area contributed by atoms with E-state index in [1.807, 2.05) is 0 Å². The van der Waals surface area contributed by atoms with Crippen LogP contribution in [0.2, 0.25) is 0 Å². The first kappa shape index (κ1) is 10.3. The van der Waals surface area contributed by atoms with Crippen LogP contribution >= 0.6 is 0 Å². The monoisotopic (exact) mass is 172 g/mol. The molecule has 0 aliphatic heterocycles. The number of carboxylic acids is 2. The highest BCUT2D eigenvalue weighted by Crippen LogP contribution is 2.05. The lowest BCUT2D eigenvalue weighted by Gasteiger charge is -1.98. The van der Waals surface area contributed by atoms with Crippen LogP contribution in [-0.4, -0.2) is 27.9 Å². The van der Waals surface area contributed by atoms with Crippen molar-refractivity contribution in [2.24, 2.45) is 0 Å². The van der Waals surface area contributed by atoms with Gasteiger partial charge in [0.05, 0.1) is 0 Å². The summed E-state index contributed by atoms with van der Waals surface area (Å²) in [5.74, 6) is -3.76. The summed E-state index contributed by atoms with van der Waals surface area (Å²) in [5.41, 5.74) is -1.13. The van der Waals surface area contributed by atoms with Gasteiger partial charge in [0.2, 0.25) is 0 Å². The molecule has 0 rings (SSSR count). The van der Waals surface area contributed by atoms with Crippen molar-refractivity contribution in [3.05, 3.63) is 11.1 Å². The van der Waals surface area contributed by atoms with Crippen molar-refractivity contribution >= 4 is 17.7 Å². The summed E-state index contributed by atoms with van der Waals surface area (Å²) in [5, 5.41) is 16.7. The molecule has 2 N–H and O–H groups in total. The summed E-state index contributed by atoms with van der Waals surface area (Å²) >= 11 is 0. The first-order valence-corrected chi connectivity index (χ1v) is 3.06. The standard InChI is InChI=1S/C7H8O5/c1-3(4(2)8)5(6(9)10)7(11)12/h1-2H3,(H,9,10)(H,11,12). The first-order valence-electron chi connectivity index (χ1n) is 3.06. The SMILES string of the molecule is CC(=O)C(C)=C(C(=O)O)C(=O)O. The van der Waals surface area contributed by atoms with E-state index in [9.17, 15) is 14.4 Å². The van der Waals surface area contributed by atoms with Gasteiger partial charge in [-0.3, -0.25) is 4.79 Å². The van der Waals surface area contributed by atoms with E-state index >= 15 is 0 Å². The Balaban J connectivity index is 5.23. The predicted octanol–water partition coefficient (Wildman–Crippen LogP) is 0.0611. The zero-order chi connectivity index (χ0) is 9.89. The number of Topliss-reactive ketones (excluding diaryl/α,β-unsaturated/α-hetero) is 1. The Bertz CT molecular complexity index is 258. The molecular formula is C7H8O5. The zero-order valence-electron chi connectivity index (χ0n) is 6.62. The molecule has 0 aliphatic rings. The van der Waals surface area contributed by atoms with Crippen molar-refractivity contribution in [1.29, 1.82) is 0 Å². The molecule has 0 bridgehead atoms. The van der Waals surface area contributed by atoms with Gasteiger partial charge < -0.3 is 10.2 Å². The van der Waals surface area contributed by atoms with E-state index in [-0.39, 0.29) is 5.57 Å². The summed E-state index contributed by atoms with van der Waals surface area (Å²) in [7, 11) is 0. The van der Waals surface area contributed by atoms with Crippen LogP contribution in [0.5, 0.6) is 0 Å². The second-order valence-corrected chi connectivity index (χ2v) is 2.17. The lowest BCUT2D eigenvalue weighted by molar-refractivity contribution is -0.140. The highest BCUT2D eigenvalue weighted by Gasteiger charge is 2.21. The van der Waals surface area contributed by atoms with E-state index in [1.165, 1.54) is 6.92 Å². The van der Waals surface area contributed by atoms with Gasteiger partial charge >= 0.3 is 11.9 Å². The average Bonchev–Trinajstić information content (AvgIpc) is 1.85. The third-order valence-electron chi connectivity index (χ3n) is 1.33. The molecule has 5 heteroatoms. The van der Waals surface area contributed by atoms with Gasteiger partial charge in [0, 0.05) is 5.57 Å². The summed E-state index contributed by atoms with van der Waals surface area (Å²) < 4.78 is 0. The van der Waals surface area contributed by atoms with Gasteiger partial charge in [-0.05, 0) is 13.8 Å². The normalized spacial score (nSPS) is 8.83. The van der Waals surface area contributed by atoms with Gasteiger partial charge in [-0.1, -0.05) is 0 Å². The van der Waals surface area contributed by atoms with Crippen LogP contribution in [0.25, 0.3) is 0 Å². The molecule has 0 aromatic heterocycles. The van der Waals surface area contributed by atoms with Crippen LogP contribution in [-0.2, 0) is 14.4 Å². The van der Waals surface area contributed by atoms with E-state index < -0.39 is 23.3 Å². The summed E-state index contributed by atoms with van der Waals surface area (Å²) in [4.78, 5) is 31.2. The van der Waals surface area contributed by atoms with Gasteiger partial charge in [0.15, 0.2) is 11.4 Å². The lowest BCUT2D eigenvalue weighted by atomic mass is 10.1. The number of hydrogen-bond acceptors (Lipinski definition) is 3. The molecule has 0 aromatic rings. The number of allylic oxidation sites excluding steroid dienone is 1. The number of aliphatic carboxylic acids is 2. The molecule has 0 fully saturated rings. The van der Waals surface area contributed by atoms with Crippen LogP contribution in [0.4, 0.5) is 0 Å². The Labute approximate surface area is 68.3 Å². The Morgan fingerprint density at radius 2 is 1.25 bits per heavy atom. The largest absolute Gasteiger partial charge is 0.477 e. The van der Waals surface area contributed by atoms with E-state index in [0.717, 1.165) is 6.92 Å². The number of ketones is 1. The molecule has 66 valence electrons. The van der Waals surface area contributed by atoms with Gasteiger partial charge in [-0.25, -0.2) is 9.59 Å². The number of hydrogen-bond donors (Lipinski definition) is 2. The fourth-order valence-electron chi connectivity index (χ4n) is 0.588. The molecule has 0 saturated heterocycles. The maximum Gasteiger partial charge on any atom is 0.343 e. The van der Waals surface area contributed by atoms with Crippen LogP contribution < -0.4 is 0 Å². The lowest BCUT2D eigenvalue weighted by Crippen LogP contribution is -2.15. The smallest absolute Gasteiger partial charge is 0.343 e. The van der Waals surface area contributed by atoms with Crippen molar-refractivity contribution in [1.82, 2.24) is 0 Å². The number of carboxylic acid groups (broad SMARTS) is 2. The molecule has 0 aliphatic carbocycles. The van der Waals surface area contributed by atoms with E-state index in [1.54, 1.807) is 0 Å². The predicted molar refractivity (Wildman–Crippen MR) is 38.7 cm³/mol. The van der Waals surface area contributed by atoms with Gasteiger partial charge in [0.1, 0.15) is 0 Å². The summed E-state index contributed by atoms with van der Waals surface area (Å²) in [6.45, 7) is 2.28. The molecule has 0 saturated carbocycles. The van der Waals surface area contributed by atoms with Gasteiger partial charge in [-0.15, -0.1) is 0 Å². The summed E-state index contributed by atoms with van der Waals surface area (Å²) in [6, 6.07) is 0. The quantitative estimate of drug-likeness (QED) is 0.357. The van der Waals surface area contributed by atoms with Crippen LogP contribution in [0.1, 0.15) is 13.8 Å². The molecule has 0 unspecified atom stereocenters. The molecule has 0 spiro atoms. The van der Waals surface area contributed by atoms with Gasteiger partial charge in [-0.2, -0.15) is 0 Å². The van der Waals surface area contributed by atoms with Gasteiger partial charge in [0.25, 0.3) is 0 Å². The summed E-state index contributed by atoms with van der Waals surface area (Å²) in [6.07, 6.45) is 0. The third-order valence-corrected chi connectivity index (χ3v) is 1.33. The average molecular weight is 172 g/mol. The Kier molecular flexibility index (Phi) is 3.15. The Hall–Kier alpha value is -1.65.